The van der Waals surface area contributed by atoms with Crippen molar-refractivity contribution in [2.24, 2.45) is 5.41 Å². The van der Waals surface area contributed by atoms with Gasteiger partial charge in [-0.25, -0.2) is 8.78 Å². The number of anilines is 1. The zero-order valence-corrected chi connectivity index (χ0v) is 23.1. The molecule has 2 heterocycles. The lowest BCUT2D eigenvalue weighted by molar-refractivity contribution is -0.127. The summed E-state index contributed by atoms with van der Waals surface area (Å²) in [5.74, 6) is -3.55. The standard InChI is InChI=1S/C28H31Cl2F2N3O3/c1-26(2,3)12-18-28(15-8-9-17(30)21(32)22(15)35-25(28)37)19(14-6-5-7-16(29)20(14)31)23(34-18)24(36)33-13-10-27(4,38)11-13/h5-9,13,18-19,23,34,38H,10-12H2,1-4H3,(H,33,36)(H,35,37)/t13?,18-,19-,23+,27?,28+/m0/s1. The van der Waals surface area contributed by atoms with Crippen LogP contribution in [0.15, 0.2) is 30.3 Å². The third-order valence-electron chi connectivity index (χ3n) is 8.04. The fourth-order valence-electron chi connectivity index (χ4n) is 6.58. The zero-order chi connectivity index (χ0) is 27.8. The van der Waals surface area contributed by atoms with Crippen LogP contribution in [0.25, 0.3) is 0 Å². The number of carbonyl (C=O) groups is 2. The van der Waals surface area contributed by atoms with Crippen molar-refractivity contribution < 1.29 is 23.5 Å². The summed E-state index contributed by atoms with van der Waals surface area (Å²) in [5.41, 5.74) is -2.37. The molecule has 4 N–H and O–H groups in total. The lowest BCUT2D eigenvalue weighted by Crippen LogP contribution is -2.57. The van der Waals surface area contributed by atoms with Gasteiger partial charge in [-0.05, 0) is 54.9 Å². The Morgan fingerprint density at radius 3 is 2.42 bits per heavy atom. The van der Waals surface area contributed by atoms with Crippen molar-refractivity contribution in [3.8, 4) is 0 Å². The van der Waals surface area contributed by atoms with Gasteiger partial charge in [0.15, 0.2) is 5.82 Å². The van der Waals surface area contributed by atoms with Gasteiger partial charge in [0.05, 0.1) is 27.4 Å². The number of nitrogens with one attached hydrogen (secondary N) is 3. The van der Waals surface area contributed by atoms with E-state index in [9.17, 15) is 14.7 Å². The molecule has 1 spiro atoms. The Morgan fingerprint density at radius 1 is 1.13 bits per heavy atom. The maximum atomic E-state index is 15.7. The van der Waals surface area contributed by atoms with Crippen molar-refractivity contribution in [3.63, 3.8) is 0 Å². The summed E-state index contributed by atoms with van der Waals surface area (Å²) < 4.78 is 31.0. The van der Waals surface area contributed by atoms with Crippen LogP contribution in [0.1, 0.15) is 64.0 Å². The molecule has 2 aliphatic heterocycles. The quantitative estimate of drug-likeness (QED) is 0.417. The SMILES string of the molecule is CC(C)(C)C[C@@H]1N[C@@H](C(=O)NC2CC(C)(O)C2)[C@H](c2cccc(Cl)c2F)[C@]12C(=O)Nc1c2ccc(Cl)c1F. The van der Waals surface area contributed by atoms with Crippen molar-refractivity contribution in [1.82, 2.24) is 10.6 Å². The highest BCUT2D eigenvalue weighted by atomic mass is 35.5. The van der Waals surface area contributed by atoms with E-state index in [4.69, 9.17) is 23.2 Å². The summed E-state index contributed by atoms with van der Waals surface area (Å²) in [6, 6.07) is 5.47. The van der Waals surface area contributed by atoms with Gasteiger partial charge in [0.25, 0.3) is 0 Å². The van der Waals surface area contributed by atoms with Crippen LogP contribution in [0.5, 0.6) is 0 Å². The van der Waals surface area contributed by atoms with E-state index in [1.54, 1.807) is 19.1 Å². The molecule has 4 atom stereocenters. The molecule has 0 bridgehead atoms. The minimum atomic E-state index is -1.54. The highest BCUT2D eigenvalue weighted by molar-refractivity contribution is 6.31. The third kappa shape index (κ3) is 4.30. The Hall–Kier alpha value is -2.26. The first-order valence-corrected chi connectivity index (χ1v) is 13.4. The molecule has 3 aliphatic rings. The van der Waals surface area contributed by atoms with E-state index in [0.717, 1.165) is 0 Å². The molecule has 5 rings (SSSR count). The lowest BCUT2D eigenvalue weighted by atomic mass is 9.62. The molecule has 2 fully saturated rings. The van der Waals surface area contributed by atoms with Gasteiger partial charge in [-0.3, -0.25) is 9.59 Å². The minimum absolute atomic E-state index is 0.0632. The predicted molar refractivity (Wildman–Crippen MR) is 142 cm³/mol. The molecule has 38 heavy (non-hydrogen) atoms. The van der Waals surface area contributed by atoms with E-state index in [2.05, 4.69) is 16.0 Å². The molecule has 2 amide bonds. The van der Waals surface area contributed by atoms with Crippen LogP contribution in [0.3, 0.4) is 0 Å². The second kappa shape index (κ2) is 9.15. The minimum Gasteiger partial charge on any atom is -0.390 e. The molecule has 10 heteroatoms. The smallest absolute Gasteiger partial charge is 0.238 e. The summed E-state index contributed by atoms with van der Waals surface area (Å²) in [6.45, 7) is 7.69. The number of hydrogen-bond acceptors (Lipinski definition) is 4. The van der Waals surface area contributed by atoms with E-state index < -0.39 is 52.5 Å². The van der Waals surface area contributed by atoms with E-state index in [1.165, 1.54) is 18.2 Å². The van der Waals surface area contributed by atoms with Crippen molar-refractivity contribution in [2.45, 2.75) is 82.0 Å². The summed E-state index contributed by atoms with van der Waals surface area (Å²) in [4.78, 5) is 27.8. The summed E-state index contributed by atoms with van der Waals surface area (Å²) in [6.07, 6.45) is 1.18. The number of halogens is 4. The van der Waals surface area contributed by atoms with Crippen LogP contribution < -0.4 is 16.0 Å². The Morgan fingerprint density at radius 2 is 1.79 bits per heavy atom. The van der Waals surface area contributed by atoms with Gasteiger partial charge in [-0.2, -0.15) is 0 Å². The Balaban J connectivity index is 1.71. The number of amides is 2. The predicted octanol–water partition coefficient (Wildman–Crippen LogP) is 5.05. The number of carbonyl (C=O) groups excluding carboxylic acids is 2. The number of fused-ring (bicyclic) bond motifs is 2. The van der Waals surface area contributed by atoms with Crippen molar-refractivity contribution in [3.05, 3.63) is 63.1 Å². The molecule has 0 aromatic heterocycles. The average molecular weight is 566 g/mol. The highest BCUT2D eigenvalue weighted by Crippen LogP contribution is 2.57. The summed E-state index contributed by atoms with van der Waals surface area (Å²) >= 11 is 12.2. The Bertz CT molecular complexity index is 1320. The number of rotatable bonds is 4. The zero-order valence-electron chi connectivity index (χ0n) is 21.6. The van der Waals surface area contributed by atoms with Gasteiger partial charge in [0.1, 0.15) is 11.2 Å². The van der Waals surface area contributed by atoms with E-state index in [1.807, 2.05) is 20.8 Å². The first kappa shape index (κ1) is 27.3. The van der Waals surface area contributed by atoms with E-state index >= 15 is 8.78 Å². The van der Waals surface area contributed by atoms with Gasteiger partial charge in [-0.15, -0.1) is 0 Å². The number of benzene rings is 2. The first-order chi connectivity index (χ1) is 17.7. The van der Waals surface area contributed by atoms with Crippen molar-refractivity contribution >= 4 is 40.7 Å². The lowest BCUT2D eigenvalue weighted by Gasteiger charge is -2.42. The molecule has 0 radical (unpaired) electrons. The van der Waals surface area contributed by atoms with E-state index in [0.29, 0.717) is 24.8 Å². The van der Waals surface area contributed by atoms with E-state index in [-0.39, 0.29) is 32.8 Å². The van der Waals surface area contributed by atoms with Crippen LogP contribution >= 0.6 is 23.2 Å². The van der Waals surface area contributed by atoms with Gasteiger partial charge >= 0.3 is 0 Å². The van der Waals surface area contributed by atoms with Crippen LogP contribution in [-0.4, -0.2) is 40.6 Å². The Labute approximate surface area is 230 Å². The van der Waals surface area contributed by atoms with Crippen LogP contribution in [-0.2, 0) is 15.0 Å². The topological polar surface area (TPSA) is 90.5 Å². The number of aliphatic hydroxyl groups is 1. The molecule has 1 aliphatic carbocycles. The third-order valence-corrected chi connectivity index (χ3v) is 8.63. The average Bonchev–Trinajstić information content (AvgIpc) is 3.27. The molecule has 1 saturated heterocycles. The second-order valence-corrected chi connectivity index (χ2v) is 13.1. The largest absolute Gasteiger partial charge is 0.390 e. The number of hydrogen-bond donors (Lipinski definition) is 4. The molecular formula is C28H31Cl2F2N3O3. The maximum Gasteiger partial charge on any atom is 0.238 e. The molecule has 2 aromatic carbocycles. The second-order valence-electron chi connectivity index (χ2n) is 12.3. The maximum absolute atomic E-state index is 15.7. The van der Waals surface area contributed by atoms with Gasteiger partial charge in [0.2, 0.25) is 11.8 Å². The van der Waals surface area contributed by atoms with Gasteiger partial charge < -0.3 is 21.1 Å². The highest BCUT2D eigenvalue weighted by Gasteiger charge is 2.66. The fourth-order valence-corrected chi connectivity index (χ4v) is 6.91. The fraction of sp³-hybridized carbons (Fsp3) is 0.500. The Kier molecular flexibility index (Phi) is 6.58. The van der Waals surface area contributed by atoms with Crippen molar-refractivity contribution in [1.29, 1.82) is 0 Å². The first-order valence-electron chi connectivity index (χ1n) is 12.7. The summed E-state index contributed by atoms with van der Waals surface area (Å²) in [7, 11) is 0. The van der Waals surface area contributed by atoms with Gasteiger partial charge in [-0.1, -0.05) is 62.2 Å². The molecule has 1 saturated carbocycles. The summed E-state index contributed by atoms with van der Waals surface area (Å²) in [5, 5.41) is 18.8. The van der Waals surface area contributed by atoms with Crippen molar-refractivity contribution in [2.75, 3.05) is 5.32 Å². The van der Waals surface area contributed by atoms with Crippen LogP contribution in [0, 0.1) is 17.0 Å². The molecule has 2 aromatic rings. The van der Waals surface area contributed by atoms with Crippen LogP contribution in [0.2, 0.25) is 10.0 Å². The molecule has 6 nitrogen and oxygen atoms in total. The molecular weight excluding hydrogens is 535 g/mol. The molecule has 0 unspecified atom stereocenters. The van der Waals surface area contributed by atoms with Gasteiger partial charge in [0, 0.05) is 18.0 Å². The monoisotopic (exact) mass is 565 g/mol. The van der Waals surface area contributed by atoms with Crippen LogP contribution in [0.4, 0.5) is 14.5 Å². The normalized spacial score (nSPS) is 32.2. The molecule has 204 valence electrons.